The van der Waals surface area contributed by atoms with E-state index in [9.17, 15) is 62.3 Å². The maximum absolute atomic E-state index is 15.4. The third-order valence-electron chi connectivity index (χ3n) is 6.57. The molecule has 0 N–H and O–H groups in total. The molecule has 0 saturated heterocycles. The van der Waals surface area contributed by atoms with E-state index in [4.69, 9.17) is 0 Å². The summed E-state index contributed by atoms with van der Waals surface area (Å²) in [5, 5.41) is 0. The molecule has 4 aliphatic rings. The topological polar surface area (TPSA) is 52.6 Å². The average Bonchev–Trinajstić information content (AvgIpc) is 2.75. The van der Waals surface area contributed by atoms with Crippen molar-refractivity contribution in [2.75, 3.05) is 6.61 Å². The Labute approximate surface area is 194 Å². The van der Waals surface area contributed by atoms with Crippen molar-refractivity contribution in [3.8, 4) is 0 Å². The van der Waals surface area contributed by atoms with Crippen molar-refractivity contribution >= 4 is 11.9 Å². The minimum Gasteiger partial charge on any atom is -0.462 e. The van der Waals surface area contributed by atoms with Crippen molar-refractivity contribution in [2.45, 2.75) is 77.9 Å². The van der Waals surface area contributed by atoms with Crippen molar-refractivity contribution in [1.82, 2.24) is 0 Å². The van der Waals surface area contributed by atoms with E-state index >= 15 is 13.2 Å². The molecule has 0 aliphatic heterocycles. The molecule has 4 nitrogen and oxygen atoms in total. The van der Waals surface area contributed by atoms with Gasteiger partial charge in [-0.3, -0.25) is 4.79 Å². The van der Waals surface area contributed by atoms with Crippen molar-refractivity contribution in [1.29, 1.82) is 0 Å². The van der Waals surface area contributed by atoms with Gasteiger partial charge in [0.2, 0.25) is 0 Å². The van der Waals surface area contributed by atoms with E-state index in [1.54, 1.807) is 0 Å². The fourth-order valence-electron chi connectivity index (χ4n) is 4.66. The van der Waals surface area contributed by atoms with Crippen molar-refractivity contribution < 1.29 is 84.9 Å². The monoisotopic (exact) mass is 576 g/mol. The minimum atomic E-state index is -7.97. The first-order chi connectivity index (χ1) is 16.2. The molecule has 4 fully saturated rings. The number of carbonyl (C=O) groups excluding carboxylic acids is 2. The first-order valence-electron chi connectivity index (χ1n) is 9.60. The van der Waals surface area contributed by atoms with Gasteiger partial charge < -0.3 is 9.47 Å². The number of hydrogen-bond donors (Lipinski definition) is 0. The summed E-state index contributed by atoms with van der Waals surface area (Å²) in [7, 11) is 0. The van der Waals surface area contributed by atoms with E-state index in [1.165, 1.54) is 0 Å². The molecule has 212 valence electrons. The van der Waals surface area contributed by atoms with Gasteiger partial charge in [0.05, 0.1) is 6.61 Å². The van der Waals surface area contributed by atoms with Gasteiger partial charge in [-0.15, -0.1) is 0 Å². The largest absolute Gasteiger partial charge is 0.462 e. The molecule has 0 radical (unpaired) electrons. The van der Waals surface area contributed by atoms with Gasteiger partial charge in [-0.2, -0.15) is 48.3 Å². The highest BCUT2D eigenvalue weighted by atomic mass is 19.3. The van der Waals surface area contributed by atoms with Crippen LogP contribution in [0.4, 0.5) is 65.9 Å². The van der Waals surface area contributed by atoms with Gasteiger partial charge in [-0.1, -0.05) is 6.58 Å². The molecule has 37 heavy (non-hydrogen) atoms. The van der Waals surface area contributed by atoms with Gasteiger partial charge in [0.15, 0.2) is 0 Å². The molecule has 4 rings (SSSR count). The Morgan fingerprint density at radius 2 is 0.946 bits per heavy atom. The van der Waals surface area contributed by atoms with Gasteiger partial charge in [0, 0.05) is 12.0 Å². The second kappa shape index (κ2) is 6.98. The van der Waals surface area contributed by atoms with E-state index in [-0.39, 0.29) is 5.57 Å². The Balaban J connectivity index is 2.21. The third kappa shape index (κ3) is 2.27. The van der Waals surface area contributed by atoms with E-state index in [0.29, 0.717) is 0 Å². The van der Waals surface area contributed by atoms with Crippen LogP contribution in [0.3, 0.4) is 0 Å². The van der Waals surface area contributed by atoms with Crippen LogP contribution in [0.25, 0.3) is 0 Å². The smallest absolute Gasteiger partial charge is 0.342 e. The second-order valence-electron chi connectivity index (χ2n) is 8.59. The molecule has 4 saturated carbocycles. The Morgan fingerprint density at radius 1 is 0.622 bits per heavy atom. The third-order valence-corrected chi connectivity index (χ3v) is 6.57. The number of esters is 2. The molecule has 4 aliphatic carbocycles. The fourth-order valence-corrected chi connectivity index (χ4v) is 4.66. The predicted molar refractivity (Wildman–Crippen MR) is 85.0 cm³/mol. The van der Waals surface area contributed by atoms with Crippen LogP contribution in [-0.4, -0.2) is 76.7 Å². The van der Waals surface area contributed by atoms with Crippen LogP contribution in [0.2, 0.25) is 0 Å². The fraction of sp³-hybridized carbons (Fsp3) is 0.778. The highest BCUT2D eigenvalue weighted by molar-refractivity contribution is 5.86. The maximum Gasteiger partial charge on any atom is 0.342 e. The first kappa shape index (κ1) is 29.2. The van der Waals surface area contributed by atoms with E-state index in [2.05, 4.69) is 16.1 Å². The highest BCUT2D eigenvalue weighted by Gasteiger charge is 3.24. The molecule has 0 unspecified atom stereocenters. The average molecular weight is 576 g/mol. The first-order valence-corrected chi connectivity index (χ1v) is 9.60. The normalized spacial score (nSPS) is 43.2. The van der Waals surface area contributed by atoms with E-state index in [1.807, 2.05) is 0 Å². The number of halogens is 15. The molecule has 19 heteroatoms. The van der Waals surface area contributed by atoms with Crippen LogP contribution in [0.15, 0.2) is 12.2 Å². The van der Waals surface area contributed by atoms with E-state index in [0.717, 1.165) is 6.92 Å². The summed E-state index contributed by atoms with van der Waals surface area (Å²) >= 11 is 0. The summed E-state index contributed by atoms with van der Waals surface area (Å²) in [6.07, 6.45) is -2.67. The van der Waals surface area contributed by atoms with Crippen molar-refractivity contribution in [3.05, 3.63) is 12.2 Å². The lowest BCUT2D eigenvalue weighted by Gasteiger charge is -2.73. The molecule has 0 aromatic rings. The number of ether oxygens (including phenoxy) is 2. The minimum absolute atomic E-state index is 0.261. The SMILES string of the molecule is C=C(C)C(=O)OCCCC(=O)OC1(F)C2(F)C(F)(F)C3(F)C(F)(F)C(F)(C2(F)F)C(F)(F)C1(F)C3(F)F. The Morgan fingerprint density at radius 3 is 1.27 bits per heavy atom. The van der Waals surface area contributed by atoms with Gasteiger partial charge in [-0.25, -0.2) is 22.4 Å². The number of rotatable bonds is 6. The van der Waals surface area contributed by atoms with Crippen LogP contribution in [0.1, 0.15) is 19.8 Å². The van der Waals surface area contributed by atoms with E-state index < -0.39 is 89.5 Å². The standard InChI is InChI=1S/C18H11F15O4/c1-6(2)8(35)36-5-3-4-7(34)37-18(33)11(21)14(25,26)9(19)13(23,24)10(20,16(11,29)30)17(31,32)12(18,22)15(9,27)28/h1,3-5H2,2H3. The molecule has 0 atom stereocenters. The zero-order valence-electron chi connectivity index (χ0n) is 17.6. The molecule has 0 amide bonds. The molecule has 0 heterocycles. The van der Waals surface area contributed by atoms with Crippen LogP contribution < -0.4 is 0 Å². The highest BCUT2D eigenvalue weighted by Crippen LogP contribution is 2.88. The van der Waals surface area contributed by atoms with Crippen LogP contribution in [0, 0.1) is 0 Å². The van der Waals surface area contributed by atoms with Crippen molar-refractivity contribution in [2.24, 2.45) is 0 Å². The van der Waals surface area contributed by atoms with Crippen molar-refractivity contribution in [3.63, 3.8) is 0 Å². The summed E-state index contributed by atoms with van der Waals surface area (Å²) in [6.45, 7) is 3.25. The van der Waals surface area contributed by atoms with Crippen LogP contribution in [-0.2, 0) is 19.1 Å². The number of alkyl halides is 15. The lowest BCUT2D eigenvalue weighted by molar-refractivity contribution is -0.613. The molecule has 0 spiro atoms. The summed E-state index contributed by atoms with van der Waals surface area (Å²) in [5.41, 5.74) is -31.4. The lowest BCUT2D eigenvalue weighted by Crippen LogP contribution is -3.09. The molecule has 0 aromatic heterocycles. The lowest BCUT2D eigenvalue weighted by atomic mass is 9.40. The van der Waals surface area contributed by atoms with Gasteiger partial charge in [0.25, 0.3) is 0 Å². The molecular formula is C18H11F15O4. The summed E-state index contributed by atoms with van der Waals surface area (Å²) in [4.78, 5) is 22.9. The molecule has 4 bridgehead atoms. The number of hydrogen-bond acceptors (Lipinski definition) is 4. The quantitative estimate of drug-likeness (QED) is 0.190. The number of carbonyl (C=O) groups is 2. The van der Waals surface area contributed by atoms with Crippen LogP contribution >= 0.6 is 0 Å². The molecular weight excluding hydrogens is 565 g/mol. The van der Waals surface area contributed by atoms with Gasteiger partial charge in [-0.05, 0) is 13.3 Å². The Bertz CT molecular complexity index is 981. The summed E-state index contributed by atoms with van der Waals surface area (Å²) in [5.74, 6) is -51.1. The Hall–Kier alpha value is -2.37. The molecule has 0 aromatic carbocycles. The predicted octanol–water partition coefficient (Wildman–Crippen LogP) is 5.15. The Kier molecular flexibility index (Phi) is 5.51. The zero-order valence-corrected chi connectivity index (χ0v) is 17.6. The van der Waals surface area contributed by atoms with Gasteiger partial charge in [0.1, 0.15) is 0 Å². The summed E-state index contributed by atoms with van der Waals surface area (Å²) < 4.78 is 227. The van der Waals surface area contributed by atoms with Gasteiger partial charge >= 0.3 is 70.1 Å². The van der Waals surface area contributed by atoms with Crippen LogP contribution in [0.5, 0.6) is 0 Å². The zero-order chi connectivity index (χ0) is 29.3. The maximum atomic E-state index is 15.4. The summed E-state index contributed by atoms with van der Waals surface area (Å²) in [6, 6.07) is 0. The second-order valence-corrected chi connectivity index (χ2v) is 8.59.